The molecule has 2 heterocycles. The summed E-state index contributed by atoms with van der Waals surface area (Å²) >= 11 is 0. The third-order valence-electron chi connectivity index (χ3n) is 4.49. The van der Waals surface area contributed by atoms with Crippen molar-refractivity contribution in [2.75, 3.05) is 0 Å². The van der Waals surface area contributed by atoms with Crippen LogP contribution in [0, 0.1) is 0 Å². The van der Waals surface area contributed by atoms with Crippen molar-refractivity contribution in [2.24, 2.45) is 0 Å². The number of para-hydroxylation sites is 1. The molecule has 0 aliphatic carbocycles. The lowest BCUT2D eigenvalue weighted by molar-refractivity contribution is -0.136. The van der Waals surface area contributed by atoms with Crippen LogP contribution in [0.15, 0.2) is 24.3 Å². The number of alkyl halides is 3. The minimum atomic E-state index is -4.41. The van der Waals surface area contributed by atoms with Crippen LogP contribution in [0.5, 0.6) is 0 Å². The number of aromatic nitrogens is 1. The van der Waals surface area contributed by atoms with E-state index in [0.29, 0.717) is 11.0 Å². The number of fused-ring (bicyclic) bond motifs is 1. The molecule has 3 rings (SSSR count). The fraction of sp³-hybridized carbons (Fsp3) is 0.467. The molecule has 0 unspecified atom stereocenters. The summed E-state index contributed by atoms with van der Waals surface area (Å²) in [5.41, 5.74) is -1.22. The van der Waals surface area contributed by atoms with Crippen LogP contribution in [0.25, 0.3) is 10.9 Å². The van der Waals surface area contributed by atoms with Crippen molar-refractivity contribution in [1.82, 2.24) is 4.98 Å². The molecule has 1 aliphatic heterocycles. The molecular formula is C15H17BF3NO2. The Balaban J connectivity index is 2.04. The molecule has 1 saturated heterocycles. The normalized spacial score (nSPS) is 20.8. The number of hydrogen-bond acceptors (Lipinski definition) is 2. The highest BCUT2D eigenvalue weighted by Crippen LogP contribution is 2.37. The van der Waals surface area contributed by atoms with Gasteiger partial charge in [0.15, 0.2) is 0 Å². The second-order valence-electron chi connectivity index (χ2n) is 6.58. The molecule has 0 spiro atoms. The van der Waals surface area contributed by atoms with E-state index in [1.54, 1.807) is 12.1 Å². The van der Waals surface area contributed by atoms with E-state index >= 15 is 0 Å². The molecule has 7 heteroatoms. The first-order valence-electron chi connectivity index (χ1n) is 7.06. The number of rotatable bonds is 1. The van der Waals surface area contributed by atoms with E-state index < -0.39 is 30.1 Å². The first-order chi connectivity index (χ1) is 10.0. The van der Waals surface area contributed by atoms with E-state index in [0.717, 1.165) is 6.07 Å². The van der Waals surface area contributed by atoms with E-state index in [4.69, 9.17) is 9.31 Å². The quantitative estimate of drug-likeness (QED) is 0.818. The van der Waals surface area contributed by atoms with Gasteiger partial charge >= 0.3 is 13.3 Å². The Morgan fingerprint density at radius 3 is 2.18 bits per heavy atom. The molecule has 0 bridgehead atoms. The number of hydrogen-bond donors (Lipinski definition) is 1. The van der Waals surface area contributed by atoms with E-state index in [2.05, 4.69) is 4.98 Å². The third kappa shape index (κ3) is 2.32. The standard InChI is InChI=1S/C15H17BF3NO2/c1-13(2)14(3,4)22-16(21-13)11-8-9-6-5-7-10(12(9)20-11)15(17,18)19/h5-8,20H,1-4H3. The minimum absolute atomic E-state index is 0.0553. The number of benzene rings is 1. The summed E-state index contributed by atoms with van der Waals surface area (Å²) in [5, 5.41) is 0.486. The zero-order valence-electron chi connectivity index (χ0n) is 12.8. The van der Waals surface area contributed by atoms with Gasteiger partial charge in [-0.15, -0.1) is 0 Å². The smallest absolute Gasteiger partial charge is 0.398 e. The molecule has 1 aromatic carbocycles. The first-order valence-corrected chi connectivity index (χ1v) is 7.06. The van der Waals surface area contributed by atoms with Crippen molar-refractivity contribution in [2.45, 2.75) is 45.1 Å². The molecule has 1 aromatic heterocycles. The predicted octanol–water partition coefficient (Wildman–Crippen LogP) is 3.49. The molecule has 1 aliphatic rings. The number of nitrogens with one attached hydrogen (secondary N) is 1. The van der Waals surface area contributed by atoms with Gasteiger partial charge in [-0.25, -0.2) is 0 Å². The highest BCUT2D eigenvalue weighted by molar-refractivity contribution is 6.61. The van der Waals surface area contributed by atoms with Gasteiger partial charge < -0.3 is 14.3 Å². The number of halogens is 3. The zero-order chi connectivity index (χ0) is 16.3. The second-order valence-corrected chi connectivity index (χ2v) is 6.58. The molecule has 2 aromatic rings. The fourth-order valence-electron chi connectivity index (χ4n) is 2.51. The van der Waals surface area contributed by atoms with Crippen molar-refractivity contribution in [1.29, 1.82) is 0 Å². The van der Waals surface area contributed by atoms with Crippen molar-refractivity contribution in [3.63, 3.8) is 0 Å². The first kappa shape index (κ1) is 15.4. The van der Waals surface area contributed by atoms with Crippen LogP contribution in [-0.4, -0.2) is 23.3 Å². The summed E-state index contributed by atoms with van der Waals surface area (Å²) < 4.78 is 50.9. The second kappa shape index (κ2) is 4.52. The van der Waals surface area contributed by atoms with E-state index in [1.807, 2.05) is 27.7 Å². The van der Waals surface area contributed by atoms with Gasteiger partial charge in [0.25, 0.3) is 0 Å². The number of H-pyrrole nitrogens is 1. The number of aromatic amines is 1. The molecule has 118 valence electrons. The van der Waals surface area contributed by atoms with Gasteiger partial charge in [0.05, 0.1) is 22.3 Å². The van der Waals surface area contributed by atoms with Crippen LogP contribution in [0.1, 0.15) is 33.3 Å². The van der Waals surface area contributed by atoms with Crippen molar-refractivity contribution >= 4 is 23.6 Å². The van der Waals surface area contributed by atoms with Crippen molar-refractivity contribution in [3.8, 4) is 0 Å². The lowest BCUT2D eigenvalue weighted by Gasteiger charge is -2.32. The highest BCUT2D eigenvalue weighted by Gasteiger charge is 2.52. The summed E-state index contributed by atoms with van der Waals surface area (Å²) in [5.74, 6) is 0. The van der Waals surface area contributed by atoms with Crippen molar-refractivity contribution < 1.29 is 22.5 Å². The van der Waals surface area contributed by atoms with Crippen LogP contribution < -0.4 is 5.59 Å². The SMILES string of the molecule is CC1(C)OB(c2cc3cccc(C(F)(F)F)c3[nH]2)OC1(C)C. The van der Waals surface area contributed by atoms with Crippen LogP contribution in [-0.2, 0) is 15.5 Å². The lowest BCUT2D eigenvalue weighted by atomic mass is 9.85. The Hall–Kier alpha value is -1.47. The summed E-state index contributed by atoms with van der Waals surface area (Å²) in [6.07, 6.45) is -4.41. The third-order valence-corrected chi connectivity index (χ3v) is 4.49. The molecule has 3 nitrogen and oxygen atoms in total. The monoisotopic (exact) mass is 311 g/mol. The summed E-state index contributed by atoms with van der Waals surface area (Å²) in [7, 11) is -0.710. The van der Waals surface area contributed by atoms with Crippen LogP contribution in [0.3, 0.4) is 0 Å². The molecule has 0 atom stereocenters. The predicted molar refractivity (Wildman–Crippen MR) is 79.0 cm³/mol. The van der Waals surface area contributed by atoms with Crippen LogP contribution in [0.2, 0.25) is 0 Å². The van der Waals surface area contributed by atoms with E-state index in [1.165, 1.54) is 6.07 Å². The van der Waals surface area contributed by atoms with Gasteiger partial charge in [-0.2, -0.15) is 13.2 Å². The van der Waals surface area contributed by atoms with E-state index in [9.17, 15) is 13.2 Å². The summed E-state index contributed by atoms with van der Waals surface area (Å²) in [4.78, 5) is 2.82. The molecule has 1 fully saturated rings. The average Bonchev–Trinajstić information content (AvgIpc) is 2.87. The van der Waals surface area contributed by atoms with Gasteiger partial charge in [-0.1, -0.05) is 12.1 Å². The Morgan fingerprint density at radius 1 is 1.05 bits per heavy atom. The zero-order valence-corrected chi connectivity index (χ0v) is 12.8. The molecule has 0 radical (unpaired) electrons. The van der Waals surface area contributed by atoms with Gasteiger partial charge in [0, 0.05) is 5.59 Å². The van der Waals surface area contributed by atoms with Gasteiger partial charge in [-0.3, -0.25) is 0 Å². The Kier molecular flexibility index (Phi) is 3.17. The van der Waals surface area contributed by atoms with Gasteiger partial charge in [0.2, 0.25) is 0 Å². The summed E-state index contributed by atoms with van der Waals surface area (Å²) in [6.45, 7) is 7.60. The van der Waals surface area contributed by atoms with Crippen molar-refractivity contribution in [3.05, 3.63) is 29.8 Å². The Morgan fingerprint density at radius 2 is 1.64 bits per heavy atom. The molecule has 22 heavy (non-hydrogen) atoms. The molecular weight excluding hydrogens is 294 g/mol. The van der Waals surface area contributed by atoms with Gasteiger partial charge in [-0.05, 0) is 45.2 Å². The maximum atomic E-state index is 13.1. The van der Waals surface area contributed by atoms with Crippen LogP contribution >= 0.6 is 0 Å². The molecule has 0 amide bonds. The van der Waals surface area contributed by atoms with Crippen LogP contribution in [0.4, 0.5) is 13.2 Å². The molecule has 1 N–H and O–H groups in total. The largest absolute Gasteiger partial charge is 0.512 e. The lowest BCUT2D eigenvalue weighted by Crippen LogP contribution is -2.41. The maximum absolute atomic E-state index is 13.1. The topological polar surface area (TPSA) is 34.2 Å². The van der Waals surface area contributed by atoms with Gasteiger partial charge in [0.1, 0.15) is 0 Å². The Bertz CT molecular complexity index is 705. The summed E-state index contributed by atoms with van der Waals surface area (Å²) in [6, 6.07) is 5.74. The average molecular weight is 311 g/mol. The van der Waals surface area contributed by atoms with E-state index in [-0.39, 0.29) is 5.52 Å². The fourth-order valence-corrected chi connectivity index (χ4v) is 2.51. The molecule has 0 saturated carbocycles. The Labute approximate surface area is 126 Å². The maximum Gasteiger partial charge on any atom is 0.512 e. The minimum Gasteiger partial charge on any atom is -0.398 e. The highest BCUT2D eigenvalue weighted by atomic mass is 19.4.